The van der Waals surface area contributed by atoms with E-state index in [0.29, 0.717) is 0 Å². The molecule has 0 amide bonds. The number of rotatable bonds is 4. The van der Waals surface area contributed by atoms with Gasteiger partial charge in [0.2, 0.25) is 0 Å². The summed E-state index contributed by atoms with van der Waals surface area (Å²) in [6.45, 7) is 0.403. The van der Waals surface area contributed by atoms with Gasteiger partial charge in [0.05, 0.1) is 0 Å². The van der Waals surface area contributed by atoms with Gasteiger partial charge in [0.1, 0.15) is 5.56 Å². The van der Waals surface area contributed by atoms with Gasteiger partial charge in [-0.2, -0.15) is 48.6 Å². The molecule has 0 aliphatic carbocycles. The van der Waals surface area contributed by atoms with E-state index in [1.54, 1.807) is 0 Å². The minimum atomic E-state index is -6.49. The number of alkyl halides is 8. The highest BCUT2D eigenvalue weighted by molar-refractivity contribution is 7.86. The molecule has 0 aliphatic rings. The summed E-state index contributed by atoms with van der Waals surface area (Å²) >= 11 is 0. The number of halogens is 9. The molecule has 14 heteroatoms. The lowest BCUT2D eigenvalue weighted by Crippen LogP contribution is -2.36. The van der Waals surface area contributed by atoms with Gasteiger partial charge in [-0.3, -0.25) is 4.68 Å². The third-order valence-electron chi connectivity index (χ3n) is 2.51. The summed E-state index contributed by atoms with van der Waals surface area (Å²) < 4.78 is 136. The number of aromatic nitrogens is 2. The molecule has 1 aromatic heterocycles. The zero-order valence-corrected chi connectivity index (χ0v) is 11.8. The van der Waals surface area contributed by atoms with E-state index in [1.807, 2.05) is 0 Å². The van der Waals surface area contributed by atoms with Gasteiger partial charge in [0.15, 0.2) is 10.7 Å². The Kier molecular flexibility index (Phi) is 4.73. The van der Waals surface area contributed by atoms with Crippen LogP contribution >= 0.6 is 0 Å². The van der Waals surface area contributed by atoms with Crippen LogP contribution in [-0.4, -0.2) is 24.4 Å². The molecule has 0 unspecified atom stereocenters. The van der Waals surface area contributed by atoms with Crippen molar-refractivity contribution in [2.75, 3.05) is 0 Å². The second-order valence-corrected chi connectivity index (χ2v) is 5.52. The standard InChI is InChI=1S/C9H7F9N2O2S/c1-2-3-20-6(23(18,21)22)4(8(12,13)14)5(19-20)7(10,11)9(15,16)17/h2-3H2,1H3. The Morgan fingerprint density at radius 2 is 1.52 bits per heavy atom. The maximum atomic E-state index is 13.3. The predicted molar refractivity (Wildman–Crippen MR) is 55.8 cm³/mol. The number of nitrogens with zero attached hydrogens (tertiary/aromatic N) is 2. The molecule has 4 nitrogen and oxygen atoms in total. The van der Waals surface area contributed by atoms with Crippen LogP contribution in [0.2, 0.25) is 0 Å². The first-order valence-electron chi connectivity index (χ1n) is 5.62. The highest BCUT2D eigenvalue weighted by atomic mass is 32.3. The zero-order chi connectivity index (χ0) is 18.4. The van der Waals surface area contributed by atoms with Crippen LogP contribution in [-0.2, 0) is 28.9 Å². The van der Waals surface area contributed by atoms with Crippen molar-refractivity contribution in [2.24, 2.45) is 0 Å². The summed E-state index contributed by atoms with van der Waals surface area (Å²) in [5, 5.41) is -0.00509. The van der Waals surface area contributed by atoms with Crippen molar-refractivity contribution in [1.29, 1.82) is 0 Å². The lowest BCUT2D eigenvalue weighted by Gasteiger charge is -2.19. The largest absolute Gasteiger partial charge is 0.459 e. The van der Waals surface area contributed by atoms with Crippen LogP contribution in [0.4, 0.5) is 39.0 Å². The normalized spacial score (nSPS) is 14.3. The minimum Gasteiger partial charge on any atom is -0.251 e. The Hall–Kier alpha value is -1.47. The van der Waals surface area contributed by atoms with Crippen molar-refractivity contribution < 1.29 is 47.4 Å². The topological polar surface area (TPSA) is 52.0 Å². The molecule has 134 valence electrons. The molecule has 23 heavy (non-hydrogen) atoms. The van der Waals surface area contributed by atoms with Crippen LogP contribution in [0.1, 0.15) is 24.6 Å². The summed E-state index contributed by atoms with van der Waals surface area (Å²) in [5.41, 5.74) is -5.89. The third-order valence-corrected chi connectivity index (χ3v) is 3.39. The van der Waals surface area contributed by atoms with Gasteiger partial charge >= 0.3 is 28.5 Å². The first-order chi connectivity index (χ1) is 10.0. The highest BCUT2D eigenvalue weighted by Crippen LogP contribution is 2.49. The van der Waals surface area contributed by atoms with Crippen LogP contribution in [0.5, 0.6) is 0 Å². The van der Waals surface area contributed by atoms with Gasteiger partial charge in [-0.25, -0.2) is 0 Å². The van der Waals surface area contributed by atoms with Gasteiger partial charge in [-0.1, -0.05) is 10.8 Å². The van der Waals surface area contributed by atoms with E-state index in [0.717, 1.165) is 0 Å². The van der Waals surface area contributed by atoms with E-state index in [2.05, 4.69) is 5.10 Å². The summed E-state index contributed by atoms with van der Waals surface area (Å²) in [5.74, 6) is -6.13. The van der Waals surface area contributed by atoms with E-state index in [1.165, 1.54) is 6.92 Å². The summed E-state index contributed by atoms with van der Waals surface area (Å²) in [6, 6.07) is 0. The maximum Gasteiger partial charge on any atom is 0.459 e. The van der Waals surface area contributed by atoms with Crippen LogP contribution < -0.4 is 0 Å². The SMILES string of the molecule is CCCn1nc(C(F)(F)C(F)(F)F)c(C(F)(F)F)c1S(=O)(=O)F. The second-order valence-electron chi connectivity index (χ2n) is 4.26. The Morgan fingerprint density at radius 1 is 1.04 bits per heavy atom. The molecule has 0 atom stereocenters. The van der Waals surface area contributed by atoms with Gasteiger partial charge < -0.3 is 0 Å². The minimum absolute atomic E-state index is 0.210. The third kappa shape index (κ3) is 3.55. The fraction of sp³-hybridized carbons (Fsp3) is 0.667. The molecule has 1 rings (SSSR count). The first-order valence-corrected chi connectivity index (χ1v) is 7.01. The highest BCUT2D eigenvalue weighted by Gasteiger charge is 2.64. The molecule has 1 heterocycles. The molecule has 0 saturated carbocycles. The molecule has 0 aliphatic heterocycles. The van der Waals surface area contributed by atoms with E-state index in [9.17, 15) is 47.4 Å². The average molecular weight is 378 g/mol. The molecule has 0 aromatic carbocycles. The lowest BCUT2D eigenvalue weighted by molar-refractivity contribution is -0.292. The van der Waals surface area contributed by atoms with Crippen molar-refractivity contribution in [3.63, 3.8) is 0 Å². The molecule has 0 saturated heterocycles. The van der Waals surface area contributed by atoms with Crippen molar-refractivity contribution >= 4 is 10.2 Å². The fourth-order valence-corrected chi connectivity index (χ4v) is 2.51. The van der Waals surface area contributed by atoms with E-state index >= 15 is 0 Å². The quantitative estimate of drug-likeness (QED) is 0.594. The monoisotopic (exact) mass is 378 g/mol. The predicted octanol–water partition coefficient (Wildman–Crippen LogP) is 3.62. The molecule has 0 fully saturated rings. The maximum absolute atomic E-state index is 13.3. The van der Waals surface area contributed by atoms with Crippen molar-refractivity contribution in [2.45, 2.75) is 43.2 Å². The zero-order valence-electron chi connectivity index (χ0n) is 10.9. The molecule has 0 N–H and O–H groups in total. The van der Waals surface area contributed by atoms with Gasteiger partial charge in [0, 0.05) is 6.54 Å². The first kappa shape index (κ1) is 19.6. The van der Waals surface area contributed by atoms with Crippen molar-refractivity contribution in [3.8, 4) is 0 Å². The van der Waals surface area contributed by atoms with Gasteiger partial charge in [-0.05, 0) is 6.42 Å². The molecule has 0 bridgehead atoms. The summed E-state index contributed by atoms with van der Waals surface area (Å²) in [6.07, 6.45) is -12.7. The van der Waals surface area contributed by atoms with Gasteiger partial charge in [-0.15, -0.1) is 0 Å². The van der Waals surface area contributed by atoms with Crippen LogP contribution in [0.15, 0.2) is 5.03 Å². The Balaban J connectivity index is 3.94. The van der Waals surface area contributed by atoms with E-state index < -0.39 is 51.3 Å². The van der Waals surface area contributed by atoms with Crippen molar-refractivity contribution in [3.05, 3.63) is 11.3 Å². The van der Waals surface area contributed by atoms with Crippen LogP contribution in [0.3, 0.4) is 0 Å². The second kappa shape index (κ2) is 5.56. The van der Waals surface area contributed by atoms with Crippen molar-refractivity contribution in [1.82, 2.24) is 9.78 Å². The molecule has 1 aromatic rings. The Morgan fingerprint density at radius 3 is 1.83 bits per heavy atom. The number of hydrogen-bond acceptors (Lipinski definition) is 3. The van der Waals surface area contributed by atoms with E-state index in [-0.39, 0.29) is 11.1 Å². The van der Waals surface area contributed by atoms with E-state index in [4.69, 9.17) is 0 Å². The van der Waals surface area contributed by atoms with Gasteiger partial charge in [0.25, 0.3) is 0 Å². The molecule has 0 radical (unpaired) electrons. The summed E-state index contributed by atoms with van der Waals surface area (Å²) in [7, 11) is -6.27. The smallest absolute Gasteiger partial charge is 0.251 e. The fourth-order valence-electron chi connectivity index (χ4n) is 1.67. The number of hydrogen-bond donors (Lipinski definition) is 0. The summed E-state index contributed by atoms with van der Waals surface area (Å²) in [4.78, 5) is 0. The van der Waals surface area contributed by atoms with Crippen LogP contribution in [0.25, 0.3) is 0 Å². The van der Waals surface area contributed by atoms with Crippen LogP contribution in [0, 0.1) is 0 Å². The Labute approximate surface area is 123 Å². The lowest BCUT2D eigenvalue weighted by atomic mass is 10.1. The average Bonchev–Trinajstić information content (AvgIpc) is 2.67. The molecule has 0 spiro atoms. The molecular weight excluding hydrogens is 371 g/mol. The molecular formula is C9H7F9N2O2S. The Bertz CT molecular complexity index is 687. The number of aryl methyl sites for hydroxylation is 1.